The molecular weight excluding hydrogens is 246 g/mol. The number of nitrogens with zero attached hydrogens (tertiary/aromatic N) is 2. The first-order valence-electron chi connectivity index (χ1n) is 6.33. The highest BCUT2D eigenvalue weighted by molar-refractivity contribution is 7.17. The molecule has 2 N–H and O–H groups in total. The van der Waals surface area contributed by atoms with Crippen LogP contribution in [0.3, 0.4) is 0 Å². The summed E-state index contributed by atoms with van der Waals surface area (Å²) in [5, 5.41) is 14.8. The predicted molar refractivity (Wildman–Crippen MR) is 76.2 cm³/mol. The quantitative estimate of drug-likeness (QED) is 0.843. The molecule has 2 aromatic rings. The van der Waals surface area contributed by atoms with Crippen LogP contribution in [0.4, 0.5) is 5.82 Å². The Bertz CT molecular complexity index is 512. The van der Waals surface area contributed by atoms with E-state index in [-0.39, 0.29) is 12.6 Å². The van der Waals surface area contributed by atoms with E-state index in [1.807, 2.05) is 18.4 Å². The molecule has 0 aliphatic rings. The number of aliphatic hydroxyl groups is 1. The van der Waals surface area contributed by atoms with Crippen molar-refractivity contribution >= 4 is 27.4 Å². The molecule has 0 bridgehead atoms. The zero-order valence-electron chi connectivity index (χ0n) is 10.8. The number of nitrogens with one attached hydrogen (secondary N) is 1. The van der Waals surface area contributed by atoms with E-state index in [0.29, 0.717) is 0 Å². The molecule has 2 aromatic heterocycles. The van der Waals surface area contributed by atoms with Crippen LogP contribution in [-0.2, 0) is 0 Å². The van der Waals surface area contributed by atoms with Crippen molar-refractivity contribution in [2.24, 2.45) is 0 Å². The summed E-state index contributed by atoms with van der Waals surface area (Å²) in [6.45, 7) is 4.18. The van der Waals surface area contributed by atoms with Crippen LogP contribution in [0.2, 0.25) is 0 Å². The molecule has 2 heterocycles. The molecule has 2 rings (SSSR count). The van der Waals surface area contributed by atoms with Gasteiger partial charge in [0, 0.05) is 0 Å². The number of aliphatic hydroxyl groups excluding tert-OH is 1. The van der Waals surface area contributed by atoms with Gasteiger partial charge in [0.15, 0.2) is 0 Å². The van der Waals surface area contributed by atoms with E-state index in [1.165, 1.54) is 0 Å². The van der Waals surface area contributed by atoms with Crippen molar-refractivity contribution in [2.75, 3.05) is 11.9 Å². The van der Waals surface area contributed by atoms with Gasteiger partial charge in [-0.05, 0) is 24.8 Å². The average Bonchev–Trinajstić information content (AvgIpc) is 2.82. The number of aryl methyl sites for hydroxylation is 1. The number of fused-ring (bicyclic) bond motifs is 1. The fraction of sp³-hybridized carbons (Fsp3) is 0.538. The minimum absolute atomic E-state index is 0.0737. The monoisotopic (exact) mass is 265 g/mol. The van der Waals surface area contributed by atoms with Crippen molar-refractivity contribution in [3.05, 3.63) is 17.3 Å². The van der Waals surface area contributed by atoms with Gasteiger partial charge in [0.25, 0.3) is 0 Å². The highest BCUT2D eigenvalue weighted by atomic mass is 32.1. The Morgan fingerprint density at radius 1 is 1.44 bits per heavy atom. The van der Waals surface area contributed by atoms with Crippen LogP contribution in [0.5, 0.6) is 0 Å². The molecular formula is C13H19N3OS. The molecule has 0 aliphatic carbocycles. The Balaban J connectivity index is 2.21. The van der Waals surface area contributed by atoms with Crippen LogP contribution in [0.1, 0.15) is 32.0 Å². The van der Waals surface area contributed by atoms with Crippen LogP contribution in [0.25, 0.3) is 10.2 Å². The lowest BCUT2D eigenvalue weighted by molar-refractivity contribution is 0.267. The van der Waals surface area contributed by atoms with E-state index >= 15 is 0 Å². The van der Waals surface area contributed by atoms with Crippen molar-refractivity contribution in [3.63, 3.8) is 0 Å². The highest BCUT2D eigenvalue weighted by Gasteiger charge is 2.12. The maximum absolute atomic E-state index is 9.40. The lowest BCUT2D eigenvalue weighted by Gasteiger charge is -2.17. The Hall–Kier alpha value is -1.20. The van der Waals surface area contributed by atoms with Crippen molar-refractivity contribution in [1.82, 2.24) is 9.97 Å². The first kappa shape index (κ1) is 13.2. The molecule has 0 spiro atoms. The van der Waals surface area contributed by atoms with Gasteiger partial charge >= 0.3 is 0 Å². The van der Waals surface area contributed by atoms with Crippen molar-refractivity contribution < 1.29 is 5.11 Å². The van der Waals surface area contributed by atoms with Gasteiger partial charge in [-0.25, -0.2) is 9.97 Å². The zero-order valence-corrected chi connectivity index (χ0v) is 11.6. The molecule has 98 valence electrons. The zero-order chi connectivity index (χ0) is 13.0. The molecule has 5 heteroatoms. The second kappa shape index (κ2) is 6.11. The van der Waals surface area contributed by atoms with Gasteiger partial charge in [-0.3, -0.25) is 0 Å². The van der Waals surface area contributed by atoms with Gasteiger partial charge in [-0.15, -0.1) is 11.3 Å². The van der Waals surface area contributed by atoms with E-state index in [9.17, 15) is 5.11 Å². The fourth-order valence-electron chi connectivity index (χ4n) is 1.93. The van der Waals surface area contributed by atoms with E-state index in [0.717, 1.165) is 41.1 Å². The van der Waals surface area contributed by atoms with Crippen LogP contribution in [-0.4, -0.2) is 27.7 Å². The third-order valence-electron chi connectivity index (χ3n) is 2.88. The Morgan fingerprint density at radius 2 is 2.28 bits per heavy atom. The molecule has 0 unspecified atom stereocenters. The number of rotatable bonds is 6. The minimum Gasteiger partial charge on any atom is -0.394 e. The number of aromatic nitrogens is 2. The summed E-state index contributed by atoms with van der Waals surface area (Å²) in [5.41, 5.74) is 0.974. The number of unbranched alkanes of at least 4 members (excludes halogenated alkanes) is 1. The summed E-state index contributed by atoms with van der Waals surface area (Å²) >= 11 is 1.63. The molecule has 0 saturated heterocycles. The normalized spacial score (nSPS) is 12.8. The summed E-state index contributed by atoms with van der Waals surface area (Å²) in [5.74, 6) is 1.61. The van der Waals surface area contributed by atoms with Gasteiger partial charge in [0.1, 0.15) is 11.6 Å². The van der Waals surface area contributed by atoms with Crippen LogP contribution >= 0.6 is 11.3 Å². The van der Waals surface area contributed by atoms with E-state index in [4.69, 9.17) is 0 Å². The third-order valence-corrected chi connectivity index (χ3v) is 3.79. The summed E-state index contributed by atoms with van der Waals surface area (Å²) in [7, 11) is 0. The largest absolute Gasteiger partial charge is 0.394 e. The second-order valence-electron chi connectivity index (χ2n) is 4.42. The smallest absolute Gasteiger partial charge is 0.148 e. The van der Waals surface area contributed by atoms with Crippen molar-refractivity contribution in [3.8, 4) is 0 Å². The highest BCUT2D eigenvalue weighted by Crippen LogP contribution is 2.26. The maximum Gasteiger partial charge on any atom is 0.148 e. The van der Waals surface area contributed by atoms with Gasteiger partial charge < -0.3 is 10.4 Å². The molecule has 0 radical (unpaired) electrons. The summed E-state index contributed by atoms with van der Waals surface area (Å²) in [6.07, 6.45) is 3.20. The maximum atomic E-state index is 9.40. The Kier molecular flexibility index (Phi) is 4.49. The minimum atomic E-state index is 0.0737. The average molecular weight is 265 g/mol. The van der Waals surface area contributed by atoms with Crippen molar-refractivity contribution in [2.45, 2.75) is 39.2 Å². The molecule has 0 amide bonds. The third kappa shape index (κ3) is 2.97. The van der Waals surface area contributed by atoms with Crippen LogP contribution < -0.4 is 5.32 Å². The number of thiophene rings is 1. The molecule has 18 heavy (non-hydrogen) atoms. The van der Waals surface area contributed by atoms with Gasteiger partial charge in [-0.2, -0.15) is 0 Å². The van der Waals surface area contributed by atoms with E-state index < -0.39 is 0 Å². The Labute approximate surface area is 111 Å². The first-order chi connectivity index (χ1) is 8.74. The Morgan fingerprint density at radius 3 is 3.00 bits per heavy atom. The lowest BCUT2D eigenvalue weighted by Crippen LogP contribution is -2.24. The van der Waals surface area contributed by atoms with Gasteiger partial charge in [0.2, 0.25) is 0 Å². The molecule has 0 aromatic carbocycles. The molecule has 0 fully saturated rings. The fourth-order valence-corrected chi connectivity index (χ4v) is 2.71. The standard InChI is InChI=1S/C13H19N3OS/c1-3-4-5-10(8-17)16-13-12-11(6-7-18-12)14-9(2)15-13/h6-7,10,17H,3-5,8H2,1-2H3,(H,14,15,16)/t10-/m1/s1. The topological polar surface area (TPSA) is 58.0 Å². The number of hydrogen-bond donors (Lipinski definition) is 2. The SMILES string of the molecule is CCCC[C@H](CO)Nc1nc(C)nc2ccsc12. The lowest BCUT2D eigenvalue weighted by atomic mass is 10.1. The second-order valence-corrected chi connectivity index (χ2v) is 5.34. The summed E-state index contributed by atoms with van der Waals surface area (Å²) in [4.78, 5) is 8.83. The summed E-state index contributed by atoms with van der Waals surface area (Å²) in [6, 6.07) is 2.07. The number of hydrogen-bond acceptors (Lipinski definition) is 5. The first-order valence-corrected chi connectivity index (χ1v) is 7.21. The van der Waals surface area contributed by atoms with Gasteiger partial charge in [0.05, 0.1) is 22.9 Å². The van der Waals surface area contributed by atoms with Crippen LogP contribution in [0, 0.1) is 6.92 Å². The van der Waals surface area contributed by atoms with Crippen molar-refractivity contribution in [1.29, 1.82) is 0 Å². The molecule has 0 saturated carbocycles. The van der Waals surface area contributed by atoms with Crippen LogP contribution in [0.15, 0.2) is 11.4 Å². The van der Waals surface area contributed by atoms with Gasteiger partial charge in [-0.1, -0.05) is 19.8 Å². The predicted octanol–water partition coefficient (Wildman–Crippen LogP) is 2.96. The summed E-state index contributed by atoms with van der Waals surface area (Å²) < 4.78 is 1.07. The van der Waals surface area contributed by atoms with E-state index in [1.54, 1.807) is 11.3 Å². The molecule has 0 aliphatic heterocycles. The van der Waals surface area contributed by atoms with E-state index in [2.05, 4.69) is 22.2 Å². The molecule has 1 atom stereocenters. The molecule has 4 nitrogen and oxygen atoms in total. The number of anilines is 1.